The fourth-order valence-corrected chi connectivity index (χ4v) is 4.76. The van der Waals surface area contributed by atoms with Gasteiger partial charge in [-0.25, -0.2) is 9.78 Å². The second kappa shape index (κ2) is 14.6. The summed E-state index contributed by atoms with van der Waals surface area (Å²) in [6, 6.07) is 22.2. The van der Waals surface area contributed by atoms with Crippen LogP contribution in [-0.2, 0) is 27.3 Å². The van der Waals surface area contributed by atoms with Crippen molar-refractivity contribution >= 4 is 46.1 Å². The Balaban J connectivity index is 0.00000207. The van der Waals surface area contributed by atoms with E-state index in [1.165, 1.54) is 7.11 Å². The van der Waals surface area contributed by atoms with E-state index in [1.54, 1.807) is 30.5 Å². The van der Waals surface area contributed by atoms with Gasteiger partial charge in [0.25, 0.3) is 0 Å². The summed E-state index contributed by atoms with van der Waals surface area (Å²) in [7, 11) is 1.31. The summed E-state index contributed by atoms with van der Waals surface area (Å²) in [5.74, 6) is -1.35. The van der Waals surface area contributed by atoms with Crippen LogP contribution in [0.5, 0.6) is 0 Å². The molecular weight excluding hydrogens is 544 g/mol. The number of anilines is 1. The van der Waals surface area contributed by atoms with Gasteiger partial charge in [0, 0.05) is 25.7 Å². The summed E-state index contributed by atoms with van der Waals surface area (Å²) in [6.07, 6.45) is 2.27. The summed E-state index contributed by atoms with van der Waals surface area (Å²) in [4.78, 5) is 50.6. The number of nitrogens with zero attached hydrogens (tertiary/aromatic N) is 2. The first-order valence-corrected chi connectivity index (χ1v) is 14.2. The Labute approximate surface area is 250 Å². The van der Waals surface area contributed by atoms with Gasteiger partial charge < -0.3 is 26.1 Å². The summed E-state index contributed by atoms with van der Waals surface area (Å²) < 4.78 is 4.85. The Bertz CT molecular complexity index is 1660. The predicted octanol–water partition coefficient (Wildman–Crippen LogP) is 4.44. The number of fused-ring (bicyclic) bond motifs is 1. The molecule has 4 aromatic rings. The number of H-pyrrole nitrogens is 1. The molecule has 0 saturated heterocycles. The minimum absolute atomic E-state index is 0.0915. The molecule has 1 aliphatic rings. The zero-order chi connectivity index (χ0) is 30.8. The molecule has 0 spiro atoms. The van der Waals surface area contributed by atoms with Crippen molar-refractivity contribution in [2.75, 3.05) is 19.4 Å². The molecule has 2 heterocycles. The number of esters is 1. The summed E-state index contributed by atoms with van der Waals surface area (Å²) in [6.45, 7) is 4.68. The molecule has 1 atom stereocenters. The Hall–Kier alpha value is -5.25. The fourth-order valence-electron chi connectivity index (χ4n) is 4.76. The Morgan fingerprint density at radius 3 is 2.58 bits per heavy atom. The number of allylic oxidation sites excluding steroid dienone is 1. The van der Waals surface area contributed by atoms with Gasteiger partial charge in [-0.05, 0) is 52.9 Å². The average molecular weight is 581 g/mol. The Kier molecular flexibility index (Phi) is 10.4. The first-order valence-electron chi connectivity index (χ1n) is 14.2. The van der Waals surface area contributed by atoms with Crippen molar-refractivity contribution in [3.05, 3.63) is 101 Å². The molecular formula is C33H36N6O4. The second-order valence-corrected chi connectivity index (χ2v) is 9.65. The van der Waals surface area contributed by atoms with Crippen LogP contribution in [0.3, 0.4) is 0 Å². The molecule has 10 nitrogen and oxygen atoms in total. The third-order valence-corrected chi connectivity index (χ3v) is 6.86. The number of nitrogens with two attached hydrogens (primary N) is 1. The number of hydrogen-bond donors (Lipinski definition) is 4. The zero-order valence-electron chi connectivity index (χ0n) is 24.5. The van der Waals surface area contributed by atoms with Crippen LogP contribution in [0.15, 0.2) is 84.0 Å². The lowest BCUT2D eigenvalue weighted by molar-refractivity contribution is -0.125. The van der Waals surface area contributed by atoms with Crippen molar-refractivity contribution in [1.29, 1.82) is 0 Å². The largest absolute Gasteiger partial charge is 0.465 e. The second-order valence-electron chi connectivity index (χ2n) is 9.65. The van der Waals surface area contributed by atoms with Crippen molar-refractivity contribution < 1.29 is 19.1 Å². The van der Waals surface area contributed by atoms with Crippen molar-refractivity contribution in [3.8, 4) is 0 Å². The maximum atomic E-state index is 13.7. The summed E-state index contributed by atoms with van der Waals surface area (Å²) in [5.41, 5.74) is 10.8. The quantitative estimate of drug-likeness (QED) is 0.214. The minimum Gasteiger partial charge on any atom is -0.465 e. The smallest absolute Gasteiger partial charge is 0.337 e. The number of aromatic amines is 1. The third kappa shape index (κ3) is 7.73. The van der Waals surface area contributed by atoms with Gasteiger partial charge in [-0.2, -0.15) is 0 Å². The van der Waals surface area contributed by atoms with Gasteiger partial charge in [0.2, 0.25) is 11.7 Å². The highest BCUT2D eigenvalue weighted by Crippen LogP contribution is 2.30. The molecule has 222 valence electrons. The van der Waals surface area contributed by atoms with E-state index in [-0.39, 0.29) is 30.5 Å². The van der Waals surface area contributed by atoms with Gasteiger partial charge in [-0.15, -0.1) is 0 Å². The number of aliphatic imine (C=N–C) groups is 1. The van der Waals surface area contributed by atoms with E-state index in [4.69, 9.17) is 10.5 Å². The molecule has 0 radical (unpaired) electrons. The number of hydrogen-bond acceptors (Lipinski definition) is 7. The molecule has 43 heavy (non-hydrogen) atoms. The van der Waals surface area contributed by atoms with Crippen LogP contribution in [0.2, 0.25) is 0 Å². The highest BCUT2D eigenvalue weighted by Gasteiger charge is 2.33. The SMILES string of the molecule is CC.COC(=O)c1cccc(C2=CNC(=NCCc3ccccc3)C(=O)C2CC(=O)NCc2ccc3nc(N)[nH]c3c2)c1. The highest BCUT2D eigenvalue weighted by molar-refractivity contribution is 6.43. The van der Waals surface area contributed by atoms with Gasteiger partial charge in [0.1, 0.15) is 0 Å². The number of rotatable bonds is 9. The third-order valence-electron chi connectivity index (χ3n) is 6.86. The molecule has 0 bridgehead atoms. The number of nitrogen functional groups attached to an aromatic ring is 1. The number of Topliss-reactive ketones (excluding diaryl/α,β-unsaturated/α-hetero) is 1. The predicted molar refractivity (Wildman–Crippen MR) is 168 cm³/mol. The lowest BCUT2D eigenvalue weighted by Gasteiger charge is -2.25. The number of benzene rings is 3. The number of carbonyl (C=O) groups excluding carboxylic acids is 3. The van der Waals surface area contributed by atoms with Crippen LogP contribution >= 0.6 is 0 Å². The number of amidine groups is 1. The van der Waals surface area contributed by atoms with E-state index >= 15 is 0 Å². The van der Waals surface area contributed by atoms with Gasteiger partial charge in [-0.1, -0.05) is 62.4 Å². The van der Waals surface area contributed by atoms with E-state index in [9.17, 15) is 14.4 Å². The van der Waals surface area contributed by atoms with Crippen molar-refractivity contribution in [2.24, 2.45) is 10.9 Å². The van der Waals surface area contributed by atoms with Crippen molar-refractivity contribution in [1.82, 2.24) is 20.6 Å². The number of carbonyl (C=O) groups is 3. The molecule has 1 unspecified atom stereocenters. The monoisotopic (exact) mass is 580 g/mol. The number of aromatic nitrogens is 2. The Morgan fingerprint density at radius 2 is 1.81 bits per heavy atom. The number of ketones is 1. The number of nitrogens with one attached hydrogen (secondary N) is 3. The van der Waals surface area contributed by atoms with Gasteiger partial charge in [0.05, 0.1) is 29.6 Å². The van der Waals surface area contributed by atoms with Crippen molar-refractivity contribution in [3.63, 3.8) is 0 Å². The van der Waals surface area contributed by atoms with E-state index in [2.05, 4.69) is 25.6 Å². The normalized spacial score (nSPS) is 15.2. The summed E-state index contributed by atoms with van der Waals surface area (Å²) >= 11 is 0. The molecule has 0 fully saturated rings. The molecule has 5 rings (SSSR count). The van der Waals surface area contributed by atoms with Gasteiger partial charge >= 0.3 is 5.97 Å². The van der Waals surface area contributed by atoms with E-state index in [1.807, 2.05) is 62.4 Å². The number of imidazole rings is 1. The molecule has 1 aromatic heterocycles. The number of amides is 1. The minimum atomic E-state index is -0.797. The molecule has 10 heteroatoms. The molecule has 0 saturated carbocycles. The lowest BCUT2D eigenvalue weighted by atomic mass is 9.84. The first kappa shape index (κ1) is 30.7. The van der Waals surface area contributed by atoms with Gasteiger partial charge in [-0.3, -0.25) is 14.6 Å². The van der Waals surface area contributed by atoms with E-state index in [0.717, 1.165) is 22.2 Å². The number of methoxy groups -OCH3 is 1. The highest BCUT2D eigenvalue weighted by atomic mass is 16.5. The average Bonchev–Trinajstić information content (AvgIpc) is 3.42. The molecule has 3 aromatic carbocycles. The standard InChI is InChI=1S/C31H30N6O4.C2H6/c1-41-30(40)22-9-5-8-21(15-22)24-18-35-29(33-13-12-19-6-3-2-4-7-19)28(39)23(24)16-27(38)34-17-20-10-11-25-26(14-20)37-31(32)36-25;1-2/h2-11,14-15,18,23H,12-13,16-17H2,1H3,(H,33,35)(H,34,38)(H3,32,36,37);1-2H3. The molecule has 1 aliphatic heterocycles. The van der Waals surface area contributed by atoms with Crippen molar-refractivity contribution in [2.45, 2.75) is 33.2 Å². The van der Waals surface area contributed by atoms with E-state index in [0.29, 0.717) is 35.6 Å². The van der Waals surface area contributed by atoms with Crippen LogP contribution < -0.4 is 16.4 Å². The maximum Gasteiger partial charge on any atom is 0.337 e. The van der Waals surface area contributed by atoms with E-state index < -0.39 is 11.9 Å². The van der Waals surface area contributed by atoms with Crippen LogP contribution in [0, 0.1) is 5.92 Å². The molecule has 0 aliphatic carbocycles. The zero-order valence-corrected chi connectivity index (χ0v) is 24.5. The van der Waals surface area contributed by atoms with Crippen LogP contribution in [0.25, 0.3) is 16.6 Å². The van der Waals surface area contributed by atoms with Gasteiger partial charge in [0.15, 0.2) is 11.8 Å². The van der Waals surface area contributed by atoms with Crippen LogP contribution in [0.4, 0.5) is 5.95 Å². The Morgan fingerprint density at radius 1 is 1.02 bits per heavy atom. The maximum absolute atomic E-state index is 13.7. The van der Waals surface area contributed by atoms with Crippen LogP contribution in [-0.4, -0.2) is 47.1 Å². The first-order chi connectivity index (χ1) is 20.9. The fraction of sp³-hybridized carbons (Fsp3) is 0.242. The lowest BCUT2D eigenvalue weighted by Crippen LogP contribution is -2.40. The van der Waals surface area contributed by atoms with Crippen LogP contribution in [0.1, 0.15) is 47.3 Å². The summed E-state index contributed by atoms with van der Waals surface area (Å²) in [5, 5.41) is 5.93. The molecule has 5 N–H and O–H groups in total. The topological polar surface area (TPSA) is 152 Å². The molecule has 1 amide bonds. The number of ether oxygens (including phenoxy) is 1.